The van der Waals surface area contributed by atoms with E-state index in [1.807, 2.05) is 25.3 Å². The highest BCUT2D eigenvalue weighted by Crippen LogP contribution is 2.29. The number of thioether (sulfide) groups is 1. The van der Waals surface area contributed by atoms with Crippen molar-refractivity contribution in [2.75, 3.05) is 6.26 Å². The minimum Gasteiger partial charge on any atom is -0.222 e. The van der Waals surface area contributed by atoms with Crippen LogP contribution in [0.25, 0.3) is 10.9 Å². The first kappa shape index (κ1) is 11.0. The Morgan fingerprint density at radius 3 is 2.60 bits per heavy atom. The number of benzene rings is 1. The van der Waals surface area contributed by atoms with Gasteiger partial charge in [0.25, 0.3) is 0 Å². The Kier molecular flexibility index (Phi) is 3.05. The van der Waals surface area contributed by atoms with Gasteiger partial charge < -0.3 is 0 Å². The molecule has 5 heteroatoms. The maximum Gasteiger partial charge on any atom is 0.189 e. The fraction of sp³-hybridized carbons (Fsp3) is 0.200. The minimum absolute atomic E-state index is 0.476. The van der Waals surface area contributed by atoms with Crippen LogP contribution >= 0.6 is 35.0 Å². The van der Waals surface area contributed by atoms with Crippen molar-refractivity contribution in [2.24, 2.45) is 0 Å². The van der Waals surface area contributed by atoms with Crippen LogP contribution in [0.1, 0.15) is 5.56 Å². The topological polar surface area (TPSA) is 25.8 Å². The van der Waals surface area contributed by atoms with Crippen LogP contribution in [0.15, 0.2) is 17.3 Å². The van der Waals surface area contributed by atoms with Crippen molar-refractivity contribution in [1.82, 2.24) is 9.97 Å². The van der Waals surface area contributed by atoms with E-state index in [2.05, 4.69) is 9.97 Å². The molecule has 1 aromatic carbocycles. The molecule has 1 heterocycles. The second kappa shape index (κ2) is 4.16. The molecule has 2 aromatic rings. The monoisotopic (exact) mass is 258 g/mol. The highest BCUT2D eigenvalue weighted by Gasteiger charge is 2.09. The van der Waals surface area contributed by atoms with Crippen LogP contribution in [0.2, 0.25) is 10.2 Å². The molecule has 0 aliphatic heterocycles. The number of hydrogen-bond donors (Lipinski definition) is 0. The Hall–Kier alpha value is -0.510. The largest absolute Gasteiger partial charge is 0.222 e. The van der Waals surface area contributed by atoms with Gasteiger partial charge >= 0.3 is 0 Å². The van der Waals surface area contributed by atoms with Gasteiger partial charge in [-0.1, -0.05) is 35.0 Å². The number of rotatable bonds is 1. The van der Waals surface area contributed by atoms with Crippen LogP contribution in [0.4, 0.5) is 0 Å². The van der Waals surface area contributed by atoms with E-state index < -0.39 is 0 Å². The maximum atomic E-state index is 6.06. The number of hydrogen-bond acceptors (Lipinski definition) is 3. The zero-order chi connectivity index (χ0) is 11.0. The number of fused-ring (bicyclic) bond motifs is 1. The number of aryl methyl sites for hydroxylation is 1. The lowest BCUT2D eigenvalue weighted by Crippen LogP contribution is -1.92. The van der Waals surface area contributed by atoms with Crippen molar-refractivity contribution in [3.8, 4) is 0 Å². The van der Waals surface area contributed by atoms with Crippen molar-refractivity contribution in [1.29, 1.82) is 0 Å². The first-order chi connectivity index (χ1) is 7.13. The van der Waals surface area contributed by atoms with Gasteiger partial charge in [0, 0.05) is 10.4 Å². The fourth-order valence-corrected chi connectivity index (χ4v) is 2.14. The molecule has 0 aliphatic carbocycles. The Balaban J connectivity index is 2.86. The molecule has 0 N–H and O–H groups in total. The van der Waals surface area contributed by atoms with Crippen molar-refractivity contribution in [3.63, 3.8) is 0 Å². The molecule has 15 heavy (non-hydrogen) atoms. The molecule has 0 spiro atoms. The molecule has 0 saturated carbocycles. The summed E-state index contributed by atoms with van der Waals surface area (Å²) in [5, 5.41) is 2.68. The van der Waals surface area contributed by atoms with Gasteiger partial charge in [-0.05, 0) is 30.9 Å². The van der Waals surface area contributed by atoms with E-state index in [-0.39, 0.29) is 0 Å². The molecule has 2 nitrogen and oxygen atoms in total. The molecule has 0 radical (unpaired) electrons. The third-order valence-electron chi connectivity index (χ3n) is 2.17. The molecule has 0 unspecified atom stereocenters. The SMILES string of the molecule is CSc1nc(Cl)c2ccc(Cl)c(C)c2n1. The Morgan fingerprint density at radius 1 is 1.20 bits per heavy atom. The van der Waals surface area contributed by atoms with Gasteiger partial charge in [0.15, 0.2) is 5.16 Å². The van der Waals surface area contributed by atoms with Gasteiger partial charge in [-0.25, -0.2) is 9.97 Å². The van der Waals surface area contributed by atoms with Crippen molar-refractivity contribution < 1.29 is 0 Å². The van der Waals surface area contributed by atoms with Gasteiger partial charge in [-0.15, -0.1) is 0 Å². The van der Waals surface area contributed by atoms with Crippen LogP contribution in [0.3, 0.4) is 0 Å². The summed E-state index contributed by atoms with van der Waals surface area (Å²) >= 11 is 13.5. The lowest BCUT2D eigenvalue weighted by molar-refractivity contribution is 1.00. The third kappa shape index (κ3) is 1.92. The highest BCUT2D eigenvalue weighted by atomic mass is 35.5. The predicted molar refractivity (Wildman–Crippen MR) is 66.1 cm³/mol. The smallest absolute Gasteiger partial charge is 0.189 e. The second-order valence-electron chi connectivity index (χ2n) is 3.07. The standard InChI is InChI=1S/C10H8Cl2N2S/c1-5-7(11)4-3-6-8(5)13-10(15-2)14-9(6)12/h3-4H,1-2H3. The Bertz CT molecular complexity index is 528. The van der Waals surface area contributed by atoms with Gasteiger partial charge in [0.05, 0.1) is 5.52 Å². The van der Waals surface area contributed by atoms with Crippen molar-refractivity contribution in [3.05, 3.63) is 27.9 Å². The molecule has 0 bridgehead atoms. The fourth-order valence-electron chi connectivity index (χ4n) is 1.34. The van der Waals surface area contributed by atoms with E-state index >= 15 is 0 Å². The molecule has 0 aliphatic rings. The molecule has 0 saturated heterocycles. The normalized spacial score (nSPS) is 10.9. The maximum absolute atomic E-state index is 6.06. The molecule has 2 rings (SSSR count). The highest BCUT2D eigenvalue weighted by molar-refractivity contribution is 7.98. The van der Waals surface area contributed by atoms with Gasteiger partial charge in [-0.3, -0.25) is 0 Å². The lowest BCUT2D eigenvalue weighted by atomic mass is 10.1. The summed E-state index contributed by atoms with van der Waals surface area (Å²) in [6.45, 7) is 1.93. The molecular weight excluding hydrogens is 251 g/mol. The van der Waals surface area contributed by atoms with E-state index in [9.17, 15) is 0 Å². The first-order valence-electron chi connectivity index (χ1n) is 4.30. The summed E-state index contributed by atoms with van der Waals surface area (Å²) < 4.78 is 0. The Labute approximate surface area is 102 Å². The van der Waals surface area contributed by atoms with Gasteiger partial charge in [0.2, 0.25) is 0 Å². The zero-order valence-electron chi connectivity index (χ0n) is 8.21. The third-order valence-corrected chi connectivity index (χ3v) is 3.42. The van der Waals surface area contributed by atoms with E-state index in [1.165, 1.54) is 11.8 Å². The van der Waals surface area contributed by atoms with Gasteiger partial charge in [0.1, 0.15) is 5.15 Å². The molecule has 78 valence electrons. The van der Waals surface area contributed by atoms with E-state index in [0.717, 1.165) is 16.5 Å². The average molecular weight is 259 g/mol. The van der Waals surface area contributed by atoms with Crippen LogP contribution in [0.5, 0.6) is 0 Å². The summed E-state index contributed by atoms with van der Waals surface area (Å²) in [6.07, 6.45) is 1.91. The minimum atomic E-state index is 0.476. The van der Waals surface area contributed by atoms with Crippen molar-refractivity contribution in [2.45, 2.75) is 12.1 Å². The summed E-state index contributed by atoms with van der Waals surface area (Å²) in [4.78, 5) is 8.56. The molecule has 0 amide bonds. The van der Waals surface area contributed by atoms with E-state index in [1.54, 1.807) is 0 Å². The van der Waals surface area contributed by atoms with Crippen molar-refractivity contribution >= 4 is 45.9 Å². The average Bonchev–Trinajstić information content (AvgIpc) is 2.23. The van der Waals surface area contributed by atoms with E-state index in [4.69, 9.17) is 23.2 Å². The van der Waals surface area contributed by atoms with Crippen LogP contribution in [-0.4, -0.2) is 16.2 Å². The summed E-state index contributed by atoms with van der Waals surface area (Å²) in [7, 11) is 0. The Morgan fingerprint density at radius 2 is 1.93 bits per heavy atom. The number of nitrogens with zero attached hydrogens (tertiary/aromatic N) is 2. The predicted octanol–water partition coefficient (Wildman–Crippen LogP) is 3.97. The number of aromatic nitrogens is 2. The van der Waals surface area contributed by atoms with Crippen LogP contribution in [0, 0.1) is 6.92 Å². The quantitative estimate of drug-likeness (QED) is 0.440. The molecule has 0 atom stereocenters. The summed E-state index contributed by atoms with van der Waals surface area (Å²) in [6, 6.07) is 3.66. The second-order valence-corrected chi connectivity index (χ2v) is 4.61. The lowest BCUT2D eigenvalue weighted by Gasteiger charge is -2.06. The molecule has 0 fully saturated rings. The first-order valence-corrected chi connectivity index (χ1v) is 6.28. The molecular formula is C10H8Cl2N2S. The van der Waals surface area contributed by atoms with Crippen LogP contribution in [-0.2, 0) is 0 Å². The molecule has 1 aromatic heterocycles. The van der Waals surface area contributed by atoms with Gasteiger partial charge in [-0.2, -0.15) is 0 Å². The van der Waals surface area contributed by atoms with E-state index in [0.29, 0.717) is 15.3 Å². The summed E-state index contributed by atoms with van der Waals surface area (Å²) in [5.74, 6) is 0. The number of halogens is 2. The summed E-state index contributed by atoms with van der Waals surface area (Å²) in [5.41, 5.74) is 1.76. The van der Waals surface area contributed by atoms with Crippen LogP contribution < -0.4 is 0 Å². The zero-order valence-corrected chi connectivity index (χ0v) is 10.5.